The number of hydrogen-bond acceptors (Lipinski definition) is 5. The number of hydrazone groups is 1. The smallest absolute Gasteiger partial charge is 0.271 e. The fourth-order valence-electron chi connectivity index (χ4n) is 2.80. The highest BCUT2D eigenvalue weighted by atomic mass is 127. The van der Waals surface area contributed by atoms with Gasteiger partial charge in [0, 0.05) is 15.6 Å². The Morgan fingerprint density at radius 2 is 1.76 bits per heavy atom. The van der Waals surface area contributed by atoms with Gasteiger partial charge in [0.2, 0.25) is 0 Å². The molecule has 0 unspecified atom stereocenters. The Morgan fingerprint density at radius 1 is 1.03 bits per heavy atom. The summed E-state index contributed by atoms with van der Waals surface area (Å²) in [5, 5.41) is 5.00. The molecule has 3 rings (SSSR count). The van der Waals surface area contributed by atoms with Gasteiger partial charge >= 0.3 is 0 Å². The number of carbonyl (C=O) groups excluding carboxylic acids is 1. The summed E-state index contributed by atoms with van der Waals surface area (Å²) in [6, 6.07) is 12.2. The quantitative estimate of drug-likeness (QED) is 0.148. The van der Waals surface area contributed by atoms with Crippen LogP contribution in [0.1, 0.15) is 21.5 Å². The van der Waals surface area contributed by atoms with Crippen LogP contribution in [-0.4, -0.2) is 26.3 Å². The molecular weight excluding hydrogens is 726 g/mol. The Bertz CT molecular complexity index is 1260. The molecule has 6 nitrogen and oxygen atoms in total. The lowest BCUT2D eigenvalue weighted by molar-refractivity contribution is 0.0954. The Balaban J connectivity index is 1.76. The van der Waals surface area contributed by atoms with Crippen molar-refractivity contribution in [3.63, 3.8) is 0 Å². The molecule has 0 aliphatic rings. The Morgan fingerprint density at radius 3 is 2.44 bits per heavy atom. The highest BCUT2D eigenvalue weighted by Crippen LogP contribution is 2.42. The van der Waals surface area contributed by atoms with Crippen LogP contribution in [0.5, 0.6) is 17.2 Å². The lowest BCUT2D eigenvalue weighted by Gasteiger charge is -2.15. The van der Waals surface area contributed by atoms with Gasteiger partial charge in [-0.1, -0.05) is 29.3 Å². The molecule has 0 fully saturated rings. The van der Waals surface area contributed by atoms with Crippen LogP contribution in [0.3, 0.4) is 0 Å². The van der Waals surface area contributed by atoms with Crippen LogP contribution in [0.15, 0.2) is 56.5 Å². The van der Waals surface area contributed by atoms with E-state index < -0.39 is 0 Å². The maximum Gasteiger partial charge on any atom is 0.271 e. The number of nitrogens with zero attached hydrogens (tertiary/aromatic N) is 1. The van der Waals surface area contributed by atoms with Crippen molar-refractivity contribution in [3.05, 3.63) is 81.7 Å². The van der Waals surface area contributed by atoms with Crippen LogP contribution in [0, 0.1) is 3.57 Å². The van der Waals surface area contributed by atoms with Crippen molar-refractivity contribution in [2.45, 2.75) is 6.61 Å². The third kappa shape index (κ3) is 6.57. The first-order valence-corrected chi connectivity index (χ1v) is 13.0. The molecule has 3 aromatic rings. The number of ether oxygens (including phenoxy) is 3. The number of methoxy groups -OCH3 is 2. The minimum Gasteiger partial charge on any atom is -0.496 e. The van der Waals surface area contributed by atoms with Crippen LogP contribution >= 0.6 is 77.7 Å². The highest BCUT2D eigenvalue weighted by Gasteiger charge is 2.17. The minimum atomic E-state index is -0.366. The van der Waals surface area contributed by atoms with E-state index in [0.717, 1.165) is 9.13 Å². The first-order chi connectivity index (χ1) is 16.2. The molecule has 0 aliphatic carbocycles. The van der Waals surface area contributed by atoms with Crippen molar-refractivity contribution >= 4 is 89.8 Å². The largest absolute Gasteiger partial charge is 0.496 e. The SMILES string of the molecule is COc1cc(C(=O)N/N=C/c2cc(OC)c(OCc3ccc(Cl)c(Cl)c3)c(Br)c2Br)ccc1I. The van der Waals surface area contributed by atoms with Crippen molar-refractivity contribution in [3.8, 4) is 17.2 Å². The summed E-state index contributed by atoms with van der Waals surface area (Å²) in [5.41, 5.74) is 4.45. The molecule has 3 aromatic carbocycles. The van der Waals surface area contributed by atoms with Crippen LogP contribution < -0.4 is 19.6 Å². The zero-order valence-electron chi connectivity index (χ0n) is 17.8. The zero-order valence-corrected chi connectivity index (χ0v) is 24.6. The van der Waals surface area contributed by atoms with E-state index in [4.69, 9.17) is 37.4 Å². The van der Waals surface area contributed by atoms with Crippen LogP contribution in [0.25, 0.3) is 0 Å². The molecule has 11 heteroatoms. The van der Waals surface area contributed by atoms with Gasteiger partial charge in [0.05, 0.1) is 38.5 Å². The molecule has 0 atom stereocenters. The highest BCUT2D eigenvalue weighted by molar-refractivity contribution is 14.1. The fraction of sp³-hybridized carbons (Fsp3) is 0.130. The van der Waals surface area contributed by atoms with Gasteiger partial charge in [-0.15, -0.1) is 0 Å². The Kier molecular flexibility index (Phi) is 9.90. The number of benzene rings is 3. The first-order valence-electron chi connectivity index (χ1n) is 9.54. The number of amides is 1. The lowest BCUT2D eigenvalue weighted by Crippen LogP contribution is -2.17. The van der Waals surface area contributed by atoms with Gasteiger partial charge in [0.1, 0.15) is 12.4 Å². The molecule has 0 saturated heterocycles. The minimum absolute atomic E-state index is 0.251. The van der Waals surface area contributed by atoms with Gasteiger partial charge in [-0.25, -0.2) is 5.43 Å². The molecule has 178 valence electrons. The van der Waals surface area contributed by atoms with Crippen molar-refractivity contribution in [1.29, 1.82) is 0 Å². The molecule has 34 heavy (non-hydrogen) atoms. The number of nitrogens with one attached hydrogen (secondary N) is 1. The van der Waals surface area contributed by atoms with E-state index in [2.05, 4.69) is 65.0 Å². The molecule has 1 amide bonds. The molecular formula is C23H17Br2Cl2IN2O4. The molecule has 1 N–H and O–H groups in total. The topological polar surface area (TPSA) is 69.2 Å². The van der Waals surface area contributed by atoms with Gasteiger partial charge in [-0.05, 0) is 96.4 Å². The number of carbonyl (C=O) groups is 1. The summed E-state index contributed by atoms with van der Waals surface area (Å²) in [6.45, 7) is 0.251. The van der Waals surface area contributed by atoms with Crippen molar-refractivity contribution in [2.75, 3.05) is 14.2 Å². The van der Waals surface area contributed by atoms with Crippen molar-refractivity contribution in [1.82, 2.24) is 5.43 Å². The van der Waals surface area contributed by atoms with E-state index in [0.29, 0.717) is 47.4 Å². The summed E-state index contributed by atoms with van der Waals surface area (Å²) in [6.07, 6.45) is 1.50. The molecule has 0 aromatic heterocycles. The molecule has 0 bridgehead atoms. The second kappa shape index (κ2) is 12.4. The second-order valence-electron chi connectivity index (χ2n) is 6.71. The van der Waals surface area contributed by atoms with E-state index >= 15 is 0 Å². The van der Waals surface area contributed by atoms with Gasteiger partial charge in [-0.3, -0.25) is 4.79 Å². The average molecular weight is 743 g/mol. The summed E-state index contributed by atoms with van der Waals surface area (Å²) >= 11 is 21.3. The fourth-order valence-corrected chi connectivity index (χ4v) is 4.61. The predicted octanol–water partition coefficient (Wildman–Crippen LogP) is 7.48. The van der Waals surface area contributed by atoms with E-state index in [-0.39, 0.29) is 12.5 Å². The van der Waals surface area contributed by atoms with E-state index in [9.17, 15) is 4.79 Å². The average Bonchev–Trinajstić information content (AvgIpc) is 2.83. The predicted molar refractivity (Wildman–Crippen MR) is 150 cm³/mol. The standard InChI is InChI=1S/C23H17Br2Cl2IN2O4/c1-32-18-8-13(4-6-17(18)28)23(31)30-29-10-14-9-19(33-2)22(21(25)20(14)24)34-11-12-3-5-15(26)16(27)7-12/h3-10H,11H2,1-2H3,(H,30,31)/b29-10+. The van der Waals surface area contributed by atoms with Crippen molar-refractivity contribution < 1.29 is 19.0 Å². The van der Waals surface area contributed by atoms with Crippen LogP contribution in [0.4, 0.5) is 0 Å². The summed E-state index contributed by atoms with van der Waals surface area (Å²) < 4.78 is 18.9. The number of hydrogen-bond donors (Lipinski definition) is 1. The molecule has 0 saturated carbocycles. The first kappa shape index (κ1) is 27.1. The number of halogens is 5. The normalized spacial score (nSPS) is 10.9. The van der Waals surface area contributed by atoms with Crippen molar-refractivity contribution in [2.24, 2.45) is 5.10 Å². The summed E-state index contributed by atoms with van der Waals surface area (Å²) in [5.74, 6) is 1.22. The molecule has 0 heterocycles. The number of rotatable bonds is 8. The van der Waals surface area contributed by atoms with Crippen LogP contribution in [-0.2, 0) is 6.61 Å². The maximum atomic E-state index is 12.4. The monoisotopic (exact) mass is 740 g/mol. The molecule has 0 aliphatic heterocycles. The summed E-state index contributed by atoms with van der Waals surface area (Å²) in [4.78, 5) is 12.4. The Hall–Kier alpha value is -1.53. The van der Waals surface area contributed by atoms with Gasteiger partial charge < -0.3 is 14.2 Å². The molecule has 0 spiro atoms. The van der Waals surface area contributed by atoms with E-state index in [1.54, 1.807) is 43.5 Å². The summed E-state index contributed by atoms with van der Waals surface area (Å²) in [7, 11) is 3.09. The van der Waals surface area contributed by atoms with E-state index in [1.807, 2.05) is 6.07 Å². The zero-order chi connectivity index (χ0) is 24.8. The third-order valence-electron chi connectivity index (χ3n) is 4.53. The van der Waals surface area contributed by atoms with Crippen LogP contribution in [0.2, 0.25) is 10.0 Å². The van der Waals surface area contributed by atoms with Gasteiger partial charge in [0.15, 0.2) is 11.5 Å². The molecule has 0 radical (unpaired) electrons. The maximum absolute atomic E-state index is 12.4. The van der Waals surface area contributed by atoms with Gasteiger partial charge in [0.25, 0.3) is 5.91 Å². The Labute approximate surface area is 237 Å². The third-order valence-corrected chi connectivity index (χ3v) is 8.30. The van der Waals surface area contributed by atoms with Gasteiger partial charge in [-0.2, -0.15) is 5.10 Å². The van der Waals surface area contributed by atoms with E-state index in [1.165, 1.54) is 13.3 Å². The second-order valence-corrected chi connectivity index (χ2v) is 10.3. The lowest BCUT2D eigenvalue weighted by atomic mass is 10.2.